The highest BCUT2D eigenvalue weighted by atomic mass is 19.1. The molecule has 1 unspecified atom stereocenters. The molecule has 2 heterocycles. The highest BCUT2D eigenvalue weighted by Gasteiger charge is 2.23. The molecule has 1 saturated heterocycles. The third-order valence-corrected chi connectivity index (χ3v) is 4.48. The van der Waals surface area contributed by atoms with Crippen LogP contribution in [-0.4, -0.2) is 39.4 Å². The third-order valence-electron chi connectivity index (χ3n) is 4.48. The molecule has 0 aliphatic carbocycles. The monoisotopic (exact) mass is 303 g/mol. The average Bonchev–Trinajstić information content (AvgIpc) is 3.02. The Hall–Kier alpha value is -1.72. The van der Waals surface area contributed by atoms with Crippen LogP contribution in [-0.2, 0) is 0 Å². The molecule has 1 aromatic heterocycles. The van der Waals surface area contributed by atoms with Crippen LogP contribution in [0.25, 0.3) is 0 Å². The Morgan fingerprint density at radius 3 is 2.77 bits per heavy atom. The Balaban J connectivity index is 1.56. The molecule has 1 aliphatic heterocycles. The molecule has 0 radical (unpaired) electrons. The highest BCUT2D eigenvalue weighted by Crippen LogP contribution is 2.25. The van der Waals surface area contributed by atoms with Gasteiger partial charge in [0.25, 0.3) is 0 Å². The topological polar surface area (TPSA) is 41.3 Å². The van der Waals surface area contributed by atoms with Gasteiger partial charge in [0.2, 0.25) is 0 Å². The summed E-state index contributed by atoms with van der Waals surface area (Å²) >= 11 is 0. The van der Waals surface area contributed by atoms with Gasteiger partial charge in [0.05, 0.1) is 12.1 Å². The lowest BCUT2D eigenvalue weighted by molar-refractivity contribution is 0.0886. The van der Waals surface area contributed by atoms with E-state index < -0.39 is 6.10 Å². The molecule has 1 N–H and O–H groups in total. The van der Waals surface area contributed by atoms with Gasteiger partial charge < -0.3 is 10.0 Å². The van der Waals surface area contributed by atoms with E-state index in [1.807, 2.05) is 30.1 Å². The van der Waals surface area contributed by atoms with E-state index in [0.717, 1.165) is 37.1 Å². The number of aryl methyl sites for hydroxylation is 1. The van der Waals surface area contributed by atoms with Crippen molar-refractivity contribution in [3.8, 4) is 0 Å². The van der Waals surface area contributed by atoms with Crippen molar-refractivity contribution in [3.63, 3.8) is 0 Å². The van der Waals surface area contributed by atoms with Gasteiger partial charge in [-0.25, -0.2) is 4.39 Å². The molecule has 0 saturated carbocycles. The zero-order valence-corrected chi connectivity index (χ0v) is 12.8. The van der Waals surface area contributed by atoms with E-state index in [0.29, 0.717) is 12.6 Å². The van der Waals surface area contributed by atoms with Crippen molar-refractivity contribution in [2.24, 2.45) is 0 Å². The summed E-state index contributed by atoms with van der Waals surface area (Å²) in [5.74, 6) is -0.256. The average molecular weight is 303 g/mol. The van der Waals surface area contributed by atoms with E-state index >= 15 is 0 Å². The van der Waals surface area contributed by atoms with Gasteiger partial charge in [0.15, 0.2) is 0 Å². The number of β-amino-alcohol motifs (C(OH)–C–C–N with tert-alkyl or cyclic N) is 1. The summed E-state index contributed by atoms with van der Waals surface area (Å²) in [4.78, 5) is 2.27. The Labute approximate surface area is 130 Å². The molecule has 1 atom stereocenters. The van der Waals surface area contributed by atoms with Crippen LogP contribution >= 0.6 is 0 Å². The summed E-state index contributed by atoms with van der Waals surface area (Å²) in [5.41, 5.74) is 1.62. The molecule has 0 bridgehead atoms. The summed E-state index contributed by atoms with van der Waals surface area (Å²) in [6.45, 7) is 4.33. The number of aliphatic hydroxyl groups excluding tert-OH is 1. The lowest BCUT2D eigenvalue weighted by Gasteiger charge is -2.33. The number of piperidine rings is 1. The van der Waals surface area contributed by atoms with E-state index in [1.165, 1.54) is 12.1 Å². The number of likely N-dealkylation sites (tertiary alicyclic amines) is 1. The molecule has 0 spiro atoms. The number of nitrogens with zero attached hydrogens (tertiary/aromatic N) is 3. The lowest BCUT2D eigenvalue weighted by Crippen LogP contribution is -2.37. The smallest absolute Gasteiger partial charge is 0.123 e. The van der Waals surface area contributed by atoms with Crippen LogP contribution in [0.2, 0.25) is 0 Å². The summed E-state index contributed by atoms with van der Waals surface area (Å²) in [6.07, 6.45) is 5.33. The molecule has 22 heavy (non-hydrogen) atoms. The van der Waals surface area contributed by atoms with Crippen molar-refractivity contribution in [1.82, 2.24) is 14.7 Å². The van der Waals surface area contributed by atoms with Crippen LogP contribution in [0.3, 0.4) is 0 Å². The second-order valence-corrected chi connectivity index (χ2v) is 6.03. The predicted molar refractivity (Wildman–Crippen MR) is 83.0 cm³/mol. The van der Waals surface area contributed by atoms with Crippen LogP contribution in [0.5, 0.6) is 0 Å². The van der Waals surface area contributed by atoms with Crippen LogP contribution in [0.4, 0.5) is 4.39 Å². The van der Waals surface area contributed by atoms with Crippen molar-refractivity contribution in [1.29, 1.82) is 0 Å². The van der Waals surface area contributed by atoms with E-state index in [2.05, 4.69) is 10.00 Å². The van der Waals surface area contributed by atoms with E-state index in [1.54, 1.807) is 6.07 Å². The summed E-state index contributed by atoms with van der Waals surface area (Å²) < 4.78 is 15.2. The minimum Gasteiger partial charge on any atom is -0.387 e. The lowest BCUT2D eigenvalue weighted by atomic mass is 10.0. The standard InChI is InChI=1S/C17H22FN3O/c1-13-11-14(18)3-4-16(13)17(22)12-20-9-5-15(6-10-20)21-8-2-7-19-21/h2-4,7-8,11,15,17,22H,5-6,9-10,12H2,1H3. The summed E-state index contributed by atoms with van der Waals surface area (Å²) in [7, 11) is 0. The fraction of sp³-hybridized carbons (Fsp3) is 0.471. The van der Waals surface area contributed by atoms with E-state index in [4.69, 9.17) is 0 Å². The van der Waals surface area contributed by atoms with Gasteiger partial charge in [0, 0.05) is 32.0 Å². The van der Waals surface area contributed by atoms with Gasteiger partial charge in [0.1, 0.15) is 5.82 Å². The first-order valence-electron chi connectivity index (χ1n) is 7.79. The van der Waals surface area contributed by atoms with Gasteiger partial charge in [-0.1, -0.05) is 6.07 Å². The molecular weight excluding hydrogens is 281 g/mol. The number of benzene rings is 1. The minimum atomic E-state index is -0.568. The fourth-order valence-electron chi connectivity index (χ4n) is 3.22. The molecule has 118 valence electrons. The number of hydrogen-bond acceptors (Lipinski definition) is 3. The molecular formula is C17H22FN3O. The van der Waals surface area contributed by atoms with Crippen molar-refractivity contribution < 1.29 is 9.50 Å². The number of aromatic nitrogens is 2. The molecule has 3 rings (SSSR count). The highest BCUT2D eigenvalue weighted by molar-refractivity contribution is 5.28. The molecule has 0 amide bonds. The maximum atomic E-state index is 13.1. The maximum absolute atomic E-state index is 13.1. The number of aliphatic hydroxyl groups is 1. The SMILES string of the molecule is Cc1cc(F)ccc1C(O)CN1CCC(n2cccn2)CC1. The van der Waals surface area contributed by atoms with Crippen LogP contribution in [0.15, 0.2) is 36.7 Å². The van der Waals surface area contributed by atoms with Crippen molar-refractivity contribution in [3.05, 3.63) is 53.6 Å². The molecule has 1 fully saturated rings. The van der Waals surface area contributed by atoms with Crippen LogP contribution in [0, 0.1) is 12.7 Å². The predicted octanol–water partition coefficient (Wildman–Crippen LogP) is 2.70. The van der Waals surface area contributed by atoms with Crippen LogP contribution in [0.1, 0.15) is 36.1 Å². The molecule has 1 aromatic carbocycles. The van der Waals surface area contributed by atoms with Gasteiger partial charge in [-0.05, 0) is 49.1 Å². The molecule has 2 aromatic rings. The Bertz CT molecular complexity index is 606. The summed E-state index contributed by atoms with van der Waals surface area (Å²) in [6, 6.07) is 6.98. The van der Waals surface area contributed by atoms with E-state index in [-0.39, 0.29) is 5.82 Å². The number of hydrogen-bond donors (Lipinski definition) is 1. The number of halogens is 1. The van der Waals surface area contributed by atoms with Crippen LogP contribution < -0.4 is 0 Å². The second-order valence-electron chi connectivity index (χ2n) is 6.03. The van der Waals surface area contributed by atoms with Gasteiger partial charge in [-0.2, -0.15) is 5.10 Å². The first-order chi connectivity index (χ1) is 10.6. The van der Waals surface area contributed by atoms with Gasteiger partial charge >= 0.3 is 0 Å². The number of rotatable bonds is 4. The Morgan fingerprint density at radius 2 is 2.14 bits per heavy atom. The molecule has 5 heteroatoms. The normalized spacial score (nSPS) is 18.5. The van der Waals surface area contributed by atoms with Crippen molar-refractivity contribution in [2.75, 3.05) is 19.6 Å². The van der Waals surface area contributed by atoms with Crippen molar-refractivity contribution >= 4 is 0 Å². The van der Waals surface area contributed by atoms with Crippen molar-refractivity contribution in [2.45, 2.75) is 31.9 Å². The molecule has 1 aliphatic rings. The van der Waals surface area contributed by atoms with Gasteiger partial charge in [-0.15, -0.1) is 0 Å². The fourth-order valence-corrected chi connectivity index (χ4v) is 3.22. The van der Waals surface area contributed by atoms with E-state index in [9.17, 15) is 9.50 Å². The largest absolute Gasteiger partial charge is 0.387 e. The zero-order chi connectivity index (χ0) is 15.5. The first kappa shape index (κ1) is 15.2. The minimum absolute atomic E-state index is 0.256. The molecule has 4 nitrogen and oxygen atoms in total. The summed E-state index contributed by atoms with van der Waals surface area (Å²) in [5, 5.41) is 14.7. The first-order valence-corrected chi connectivity index (χ1v) is 7.79. The quantitative estimate of drug-likeness (QED) is 0.944. The third kappa shape index (κ3) is 3.36. The second kappa shape index (κ2) is 6.58. The zero-order valence-electron chi connectivity index (χ0n) is 12.8. The Kier molecular flexibility index (Phi) is 4.55. The van der Waals surface area contributed by atoms with Gasteiger partial charge in [-0.3, -0.25) is 4.68 Å². The Morgan fingerprint density at radius 1 is 1.36 bits per heavy atom. The maximum Gasteiger partial charge on any atom is 0.123 e.